The lowest BCUT2D eigenvalue weighted by atomic mass is 10.1. The molecule has 0 unspecified atom stereocenters. The van der Waals surface area contributed by atoms with Crippen LogP contribution in [0, 0.1) is 0 Å². The summed E-state index contributed by atoms with van der Waals surface area (Å²) >= 11 is 1.77. The van der Waals surface area contributed by atoms with Crippen LogP contribution in [-0.4, -0.2) is 29.6 Å². The van der Waals surface area contributed by atoms with E-state index in [1.165, 1.54) is 0 Å². The first-order valence-electron chi connectivity index (χ1n) is 3.96. The van der Waals surface area contributed by atoms with Crippen molar-refractivity contribution in [1.29, 1.82) is 0 Å². The Morgan fingerprint density at radius 3 is 2.64 bits per heavy atom. The number of thioether (sulfide) groups is 1. The zero-order chi connectivity index (χ0) is 7.73. The monoisotopic (exact) mass is 172 g/mol. The largest absolute Gasteiger partial charge is 0.341 e. The van der Waals surface area contributed by atoms with E-state index in [4.69, 9.17) is 0 Å². The molecular formula is C7H12N2OS. The SMILES string of the molecule is O=C1CSC2(CCNCC2)N1. The minimum atomic E-state index is 0.0995. The van der Waals surface area contributed by atoms with Crippen LogP contribution in [0.2, 0.25) is 0 Å². The minimum absolute atomic E-state index is 0.0995. The molecule has 11 heavy (non-hydrogen) atoms. The molecule has 0 aromatic rings. The van der Waals surface area contributed by atoms with Crippen molar-refractivity contribution in [3.63, 3.8) is 0 Å². The zero-order valence-electron chi connectivity index (χ0n) is 6.35. The van der Waals surface area contributed by atoms with Gasteiger partial charge in [-0.2, -0.15) is 0 Å². The molecule has 2 fully saturated rings. The molecule has 4 heteroatoms. The van der Waals surface area contributed by atoms with E-state index in [-0.39, 0.29) is 10.8 Å². The number of carbonyl (C=O) groups is 1. The molecule has 2 aliphatic rings. The second-order valence-corrected chi connectivity index (χ2v) is 4.44. The lowest BCUT2D eigenvalue weighted by Gasteiger charge is -2.32. The summed E-state index contributed by atoms with van der Waals surface area (Å²) in [5.74, 6) is 0.858. The summed E-state index contributed by atoms with van der Waals surface area (Å²) in [6, 6.07) is 0. The van der Waals surface area contributed by atoms with Gasteiger partial charge in [0.25, 0.3) is 0 Å². The maximum Gasteiger partial charge on any atom is 0.231 e. The maximum absolute atomic E-state index is 11.0. The van der Waals surface area contributed by atoms with Crippen LogP contribution < -0.4 is 10.6 Å². The minimum Gasteiger partial charge on any atom is -0.341 e. The van der Waals surface area contributed by atoms with Crippen molar-refractivity contribution in [3.05, 3.63) is 0 Å². The van der Waals surface area contributed by atoms with E-state index in [9.17, 15) is 4.79 Å². The lowest BCUT2D eigenvalue weighted by Crippen LogP contribution is -2.47. The van der Waals surface area contributed by atoms with Crippen molar-refractivity contribution < 1.29 is 4.79 Å². The highest BCUT2D eigenvalue weighted by Gasteiger charge is 2.38. The number of carbonyl (C=O) groups excluding carboxylic acids is 1. The molecule has 2 aliphatic heterocycles. The summed E-state index contributed by atoms with van der Waals surface area (Å²) in [7, 11) is 0. The van der Waals surface area contributed by atoms with Crippen LogP contribution in [-0.2, 0) is 4.79 Å². The topological polar surface area (TPSA) is 41.1 Å². The second kappa shape index (κ2) is 2.68. The Morgan fingerprint density at radius 2 is 2.09 bits per heavy atom. The van der Waals surface area contributed by atoms with Crippen LogP contribution in [0.25, 0.3) is 0 Å². The summed E-state index contributed by atoms with van der Waals surface area (Å²) in [5.41, 5.74) is 0. The molecular weight excluding hydrogens is 160 g/mol. The summed E-state index contributed by atoms with van der Waals surface area (Å²) in [6.07, 6.45) is 2.15. The van der Waals surface area contributed by atoms with E-state index in [1.807, 2.05) is 0 Å². The first-order valence-corrected chi connectivity index (χ1v) is 4.95. The van der Waals surface area contributed by atoms with E-state index in [2.05, 4.69) is 10.6 Å². The fourth-order valence-corrected chi connectivity index (χ4v) is 2.79. The van der Waals surface area contributed by atoms with Crippen LogP contribution in [0.15, 0.2) is 0 Å². The molecule has 0 aromatic heterocycles. The summed E-state index contributed by atoms with van der Waals surface area (Å²) in [4.78, 5) is 11.1. The highest BCUT2D eigenvalue weighted by atomic mass is 32.2. The molecule has 0 radical (unpaired) electrons. The highest BCUT2D eigenvalue weighted by Crippen LogP contribution is 2.35. The molecule has 62 valence electrons. The molecule has 0 aromatic carbocycles. The predicted molar refractivity (Wildman–Crippen MR) is 45.4 cm³/mol. The van der Waals surface area contributed by atoms with Crippen LogP contribution in [0.4, 0.5) is 0 Å². The Bertz CT molecular complexity index is 177. The van der Waals surface area contributed by atoms with Gasteiger partial charge in [0.15, 0.2) is 0 Å². The first kappa shape index (κ1) is 7.43. The fourth-order valence-electron chi connectivity index (χ4n) is 1.63. The van der Waals surface area contributed by atoms with E-state index in [0.717, 1.165) is 25.9 Å². The molecule has 2 N–H and O–H groups in total. The Labute approximate surface area is 70.3 Å². The Morgan fingerprint density at radius 1 is 1.36 bits per heavy atom. The van der Waals surface area contributed by atoms with Gasteiger partial charge >= 0.3 is 0 Å². The van der Waals surface area contributed by atoms with Gasteiger partial charge in [0.05, 0.1) is 10.6 Å². The maximum atomic E-state index is 11.0. The van der Waals surface area contributed by atoms with Crippen molar-refractivity contribution in [2.45, 2.75) is 17.7 Å². The van der Waals surface area contributed by atoms with Crippen LogP contribution in [0.1, 0.15) is 12.8 Å². The number of piperidine rings is 1. The standard InChI is InChI=1S/C7H12N2OS/c10-6-5-11-7(9-6)1-3-8-4-2-7/h8H,1-5H2,(H,9,10). The molecule has 0 saturated carbocycles. The highest BCUT2D eigenvalue weighted by molar-refractivity contribution is 8.01. The normalized spacial score (nSPS) is 28.9. The molecule has 2 saturated heterocycles. The molecule has 0 atom stereocenters. The quantitative estimate of drug-likeness (QED) is 0.537. The van der Waals surface area contributed by atoms with E-state index in [1.54, 1.807) is 11.8 Å². The summed E-state index contributed by atoms with van der Waals surface area (Å²) < 4.78 is 0. The molecule has 1 amide bonds. The lowest BCUT2D eigenvalue weighted by molar-refractivity contribution is -0.118. The number of hydrogen-bond donors (Lipinski definition) is 2. The van der Waals surface area contributed by atoms with E-state index < -0.39 is 0 Å². The third-order valence-electron chi connectivity index (χ3n) is 2.26. The van der Waals surface area contributed by atoms with Gasteiger partial charge in [0.2, 0.25) is 5.91 Å². The van der Waals surface area contributed by atoms with Crippen molar-refractivity contribution >= 4 is 17.7 Å². The van der Waals surface area contributed by atoms with Crippen molar-refractivity contribution in [1.82, 2.24) is 10.6 Å². The third kappa shape index (κ3) is 1.37. The molecule has 0 bridgehead atoms. The fraction of sp³-hybridized carbons (Fsp3) is 0.857. The molecule has 2 rings (SSSR count). The van der Waals surface area contributed by atoms with Gasteiger partial charge in [-0.05, 0) is 25.9 Å². The number of rotatable bonds is 0. The van der Waals surface area contributed by atoms with E-state index >= 15 is 0 Å². The smallest absolute Gasteiger partial charge is 0.231 e. The predicted octanol–water partition coefficient (Wildman–Crippen LogP) is -0.0709. The van der Waals surface area contributed by atoms with Crippen LogP contribution in [0.3, 0.4) is 0 Å². The molecule has 3 nitrogen and oxygen atoms in total. The Kier molecular flexibility index (Phi) is 1.81. The Hall–Kier alpha value is -0.220. The number of nitrogens with one attached hydrogen (secondary N) is 2. The summed E-state index contributed by atoms with van der Waals surface area (Å²) in [5, 5.41) is 6.34. The zero-order valence-corrected chi connectivity index (χ0v) is 7.17. The van der Waals surface area contributed by atoms with Crippen molar-refractivity contribution in [3.8, 4) is 0 Å². The van der Waals surface area contributed by atoms with Crippen molar-refractivity contribution in [2.24, 2.45) is 0 Å². The van der Waals surface area contributed by atoms with Gasteiger partial charge in [-0.25, -0.2) is 0 Å². The van der Waals surface area contributed by atoms with Gasteiger partial charge in [0, 0.05) is 0 Å². The second-order valence-electron chi connectivity index (χ2n) is 3.08. The third-order valence-corrected chi connectivity index (χ3v) is 3.73. The van der Waals surface area contributed by atoms with Gasteiger partial charge in [-0.1, -0.05) is 0 Å². The average Bonchev–Trinajstić information content (AvgIpc) is 2.34. The molecule has 0 aliphatic carbocycles. The van der Waals surface area contributed by atoms with Gasteiger partial charge in [0.1, 0.15) is 0 Å². The number of amides is 1. The molecule has 1 spiro atoms. The van der Waals surface area contributed by atoms with Gasteiger partial charge in [-0.15, -0.1) is 11.8 Å². The molecule has 2 heterocycles. The van der Waals surface area contributed by atoms with Crippen molar-refractivity contribution in [2.75, 3.05) is 18.8 Å². The summed E-state index contributed by atoms with van der Waals surface area (Å²) in [6.45, 7) is 2.07. The van der Waals surface area contributed by atoms with E-state index in [0.29, 0.717) is 5.75 Å². The Balaban J connectivity index is 2.03. The average molecular weight is 172 g/mol. The number of hydrogen-bond acceptors (Lipinski definition) is 3. The van der Waals surface area contributed by atoms with Gasteiger partial charge in [-0.3, -0.25) is 4.79 Å². The first-order chi connectivity index (χ1) is 5.31. The van der Waals surface area contributed by atoms with Gasteiger partial charge < -0.3 is 10.6 Å². The van der Waals surface area contributed by atoms with Crippen LogP contribution in [0.5, 0.6) is 0 Å². The van der Waals surface area contributed by atoms with Crippen LogP contribution >= 0.6 is 11.8 Å².